The summed E-state index contributed by atoms with van der Waals surface area (Å²) in [6.07, 6.45) is 2.54. The van der Waals surface area contributed by atoms with Crippen molar-refractivity contribution in [2.75, 3.05) is 19.8 Å². The van der Waals surface area contributed by atoms with Gasteiger partial charge in [-0.2, -0.15) is 0 Å². The van der Waals surface area contributed by atoms with E-state index < -0.39 is 10.0 Å². The summed E-state index contributed by atoms with van der Waals surface area (Å²) in [7, 11) is -3.74. The Kier molecular flexibility index (Phi) is 8.18. The number of sulfonamides is 1. The molecule has 0 radical (unpaired) electrons. The molecule has 220 valence electrons. The van der Waals surface area contributed by atoms with E-state index in [-0.39, 0.29) is 35.4 Å². The van der Waals surface area contributed by atoms with Gasteiger partial charge in [-0.15, -0.1) is 0 Å². The van der Waals surface area contributed by atoms with Crippen molar-refractivity contribution in [2.45, 2.75) is 56.2 Å². The minimum absolute atomic E-state index is 0.0113. The highest BCUT2D eigenvalue weighted by Crippen LogP contribution is 2.33. The van der Waals surface area contributed by atoms with E-state index in [1.165, 1.54) is 0 Å². The number of morpholine rings is 1. The molecule has 0 spiro atoms. The summed E-state index contributed by atoms with van der Waals surface area (Å²) >= 11 is 0. The van der Waals surface area contributed by atoms with Crippen LogP contribution in [0, 0.1) is 12.8 Å². The highest BCUT2D eigenvalue weighted by atomic mass is 32.2. The van der Waals surface area contributed by atoms with Crippen LogP contribution in [0.2, 0.25) is 0 Å². The number of benzene rings is 3. The average Bonchev–Trinajstić information content (AvgIpc) is 3.44. The fourth-order valence-electron chi connectivity index (χ4n) is 6.34. The van der Waals surface area contributed by atoms with Crippen LogP contribution in [0.5, 0.6) is 0 Å². The predicted octanol–water partition coefficient (Wildman–Crippen LogP) is 5.07. The average molecular weight is 588 g/mol. The molecule has 1 saturated carbocycles. The molecule has 3 N–H and O–H groups in total. The Morgan fingerprint density at radius 2 is 1.81 bits per heavy atom. The number of rotatable bonds is 7. The zero-order valence-corrected chi connectivity index (χ0v) is 24.6. The number of aromatic nitrogens is 1. The second kappa shape index (κ2) is 12.0. The SMILES string of the molecule is Cc1cc(CO)ccc1-c1cc2ccc(S(=O)(=O)N[C@H]3CC[C@H](C(=O)N4CCOCC4c4ccccc4)CC3)cc2[nH]1. The normalized spacial score (nSPS) is 21.5. The fraction of sp³-hybridized carbons (Fsp3) is 0.364. The van der Waals surface area contributed by atoms with Gasteiger partial charge < -0.3 is 19.7 Å². The Bertz CT molecular complexity index is 1680. The Hall–Kier alpha value is -3.50. The van der Waals surface area contributed by atoms with Crippen molar-refractivity contribution in [1.82, 2.24) is 14.6 Å². The Morgan fingerprint density at radius 3 is 2.55 bits per heavy atom. The maximum absolute atomic E-state index is 13.5. The number of carbonyl (C=O) groups is 1. The molecule has 3 aromatic carbocycles. The molecule has 1 unspecified atom stereocenters. The molecule has 4 aromatic rings. The molecule has 8 nitrogen and oxygen atoms in total. The first-order valence-electron chi connectivity index (χ1n) is 14.6. The number of H-pyrrole nitrogens is 1. The fourth-order valence-corrected chi connectivity index (χ4v) is 7.67. The first kappa shape index (κ1) is 28.6. The monoisotopic (exact) mass is 587 g/mol. The second-order valence-electron chi connectivity index (χ2n) is 11.4. The number of aliphatic hydroxyl groups is 1. The van der Waals surface area contributed by atoms with Gasteiger partial charge >= 0.3 is 0 Å². The van der Waals surface area contributed by atoms with Crippen molar-refractivity contribution in [2.24, 2.45) is 5.92 Å². The lowest BCUT2D eigenvalue weighted by Crippen LogP contribution is -2.47. The van der Waals surface area contributed by atoms with Gasteiger partial charge in [0.2, 0.25) is 15.9 Å². The van der Waals surface area contributed by atoms with Crippen LogP contribution in [0.25, 0.3) is 22.2 Å². The van der Waals surface area contributed by atoms with Crippen molar-refractivity contribution >= 4 is 26.8 Å². The van der Waals surface area contributed by atoms with Gasteiger partial charge in [0, 0.05) is 40.7 Å². The number of nitrogens with one attached hydrogen (secondary N) is 2. The lowest BCUT2D eigenvalue weighted by molar-refractivity contribution is -0.145. The van der Waals surface area contributed by atoms with Crippen molar-refractivity contribution in [3.05, 3.63) is 89.5 Å². The number of aryl methyl sites for hydroxylation is 1. The van der Waals surface area contributed by atoms with Crippen molar-refractivity contribution in [3.63, 3.8) is 0 Å². The minimum Gasteiger partial charge on any atom is -0.392 e. The quantitative estimate of drug-likeness (QED) is 0.280. The number of amides is 1. The Labute approximate surface area is 246 Å². The van der Waals surface area contributed by atoms with E-state index in [0.717, 1.165) is 38.9 Å². The van der Waals surface area contributed by atoms with Gasteiger partial charge in [-0.3, -0.25) is 4.79 Å². The molecule has 1 aliphatic heterocycles. The van der Waals surface area contributed by atoms with Crippen LogP contribution in [-0.4, -0.2) is 55.1 Å². The van der Waals surface area contributed by atoms with Crippen LogP contribution < -0.4 is 4.72 Å². The summed E-state index contributed by atoms with van der Waals surface area (Å²) in [5.74, 6) is 0.0290. The van der Waals surface area contributed by atoms with Gasteiger partial charge in [0.1, 0.15) is 0 Å². The van der Waals surface area contributed by atoms with Gasteiger partial charge in [0.05, 0.1) is 30.8 Å². The molecule has 1 atom stereocenters. The lowest BCUT2D eigenvalue weighted by Gasteiger charge is -2.39. The van der Waals surface area contributed by atoms with Crippen LogP contribution in [-0.2, 0) is 26.2 Å². The number of aromatic amines is 1. The van der Waals surface area contributed by atoms with E-state index in [2.05, 4.69) is 9.71 Å². The second-order valence-corrected chi connectivity index (χ2v) is 13.2. The van der Waals surface area contributed by atoms with Gasteiger partial charge in [-0.1, -0.05) is 54.6 Å². The molecule has 1 saturated heterocycles. The van der Waals surface area contributed by atoms with Crippen molar-refractivity contribution in [3.8, 4) is 11.3 Å². The van der Waals surface area contributed by atoms with Crippen molar-refractivity contribution in [1.29, 1.82) is 0 Å². The summed E-state index contributed by atoms with van der Waals surface area (Å²) in [5, 5.41) is 10.3. The number of aliphatic hydroxyl groups excluding tert-OH is 1. The molecular weight excluding hydrogens is 550 g/mol. The number of ether oxygens (including phenoxy) is 1. The van der Waals surface area contributed by atoms with E-state index in [1.807, 2.05) is 72.5 Å². The Balaban J connectivity index is 1.11. The van der Waals surface area contributed by atoms with Crippen LogP contribution in [0.3, 0.4) is 0 Å². The highest BCUT2D eigenvalue weighted by molar-refractivity contribution is 7.89. The van der Waals surface area contributed by atoms with Gasteiger partial charge in [0.15, 0.2) is 0 Å². The first-order valence-corrected chi connectivity index (χ1v) is 16.1. The maximum Gasteiger partial charge on any atom is 0.240 e. The third-order valence-electron chi connectivity index (χ3n) is 8.66. The smallest absolute Gasteiger partial charge is 0.240 e. The number of fused-ring (bicyclic) bond motifs is 1. The van der Waals surface area contributed by atoms with Crippen LogP contribution >= 0.6 is 0 Å². The maximum atomic E-state index is 13.5. The third kappa shape index (κ3) is 5.87. The minimum atomic E-state index is -3.74. The zero-order chi connectivity index (χ0) is 29.3. The molecule has 6 rings (SSSR count). The summed E-state index contributed by atoms with van der Waals surface area (Å²) in [4.78, 5) is 19.1. The molecule has 9 heteroatoms. The molecular formula is C33H37N3O5S. The molecule has 1 amide bonds. The highest BCUT2D eigenvalue weighted by Gasteiger charge is 2.35. The Morgan fingerprint density at radius 1 is 1.02 bits per heavy atom. The molecule has 42 heavy (non-hydrogen) atoms. The molecule has 1 aromatic heterocycles. The van der Waals surface area contributed by atoms with E-state index in [9.17, 15) is 18.3 Å². The van der Waals surface area contributed by atoms with E-state index in [1.54, 1.807) is 12.1 Å². The summed E-state index contributed by atoms with van der Waals surface area (Å²) < 4.78 is 35.3. The number of nitrogens with zero attached hydrogens (tertiary/aromatic N) is 1. The number of hydrogen-bond acceptors (Lipinski definition) is 5. The van der Waals surface area contributed by atoms with E-state index in [4.69, 9.17) is 4.74 Å². The van der Waals surface area contributed by atoms with E-state index >= 15 is 0 Å². The first-order chi connectivity index (χ1) is 20.3. The zero-order valence-electron chi connectivity index (χ0n) is 23.8. The summed E-state index contributed by atoms with van der Waals surface area (Å²) in [6, 6.07) is 22.7. The predicted molar refractivity (Wildman–Crippen MR) is 162 cm³/mol. The largest absolute Gasteiger partial charge is 0.392 e. The topological polar surface area (TPSA) is 112 Å². The molecule has 2 heterocycles. The molecule has 2 aliphatic rings. The molecule has 2 fully saturated rings. The lowest BCUT2D eigenvalue weighted by atomic mass is 9.85. The summed E-state index contributed by atoms with van der Waals surface area (Å²) in [5.41, 5.74) is 5.60. The van der Waals surface area contributed by atoms with Crippen LogP contribution in [0.15, 0.2) is 77.7 Å². The number of carbonyl (C=O) groups excluding carboxylic acids is 1. The molecule has 1 aliphatic carbocycles. The van der Waals surface area contributed by atoms with Crippen molar-refractivity contribution < 1.29 is 23.1 Å². The van der Waals surface area contributed by atoms with Gasteiger partial charge in [-0.05, 0) is 67.5 Å². The van der Waals surface area contributed by atoms with Crippen LogP contribution in [0.4, 0.5) is 0 Å². The summed E-state index contributed by atoms with van der Waals surface area (Å²) in [6.45, 7) is 3.58. The third-order valence-corrected chi connectivity index (χ3v) is 10.2. The molecule has 0 bridgehead atoms. The number of hydrogen-bond donors (Lipinski definition) is 3. The van der Waals surface area contributed by atoms with Gasteiger partial charge in [-0.25, -0.2) is 13.1 Å². The van der Waals surface area contributed by atoms with E-state index in [0.29, 0.717) is 45.4 Å². The van der Waals surface area contributed by atoms with Gasteiger partial charge in [0.25, 0.3) is 0 Å². The van der Waals surface area contributed by atoms with Crippen LogP contribution in [0.1, 0.15) is 48.4 Å². The standard InChI is InChI=1S/C33H37N3O5S/c1-22-17-23(20-37)7-14-29(22)31-18-26-10-13-28(19-30(26)34-31)42(39,40)35-27-11-8-25(9-12-27)33(38)36-15-16-41-21-32(36)24-5-3-2-4-6-24/h2-7,10,13-14,17-19,25,27,32,34-35,37H,8-9,11-12,15-16,20-21H2,1H3/t25-,27-,32?.